The highest BCUT2D eigenvalue weighted by molar-refractivity contribution is 5.74. The Hall–Kier alpha value is -1.36. The Labute approximate surface area is 75.2 Å². The summed E-state index contributed by atoms with van der Waals surface area (Å²) in [5.74, 6) is -0.813. The lowest BCUT2D eigenvalue weighted by Gasteiger charge is -2.24. The molecule has 0 aliphatic carbocycles. The van der Waals surface area contributed by atoms with Crippen molar-refractivity contribution in [2.75, 3.05) is 0 Å². The predicted octanol–water partition coefficient (Wildman–Crippen LogP) is 0.0696. The summed E-state index contributed by atoms with van der Waals surface area (Å²) in [6, 6.07) is -0.487. The van der Waals surface area contributed by atoms with Crippen LogP contribution in [0, 0.1) is 0 Å². The van der Waals surface area contributed by atoms with Crippen LogP contribution in [-0.4, -0.2) is 27.1 Å². The lowest BCUT2D eigenvalue weighted by Crippen LogP contribution is -2.43. The van der Waals surface area contributed by atoms with Crippen molar-refractivity contribution in [1.29, 1.82) is 0 Å². The van der Waals surface area contributed by atoms with Crippen molar-refractivity contribution in [3.05, 3.63) is 17.7 Å². The van der Waals surface area contributed by atoms with Crippen LogP contribution in [0.1, 0.15) is 24.4 Å². The first kappa shape index (κ1) is 8.25. The van der Waals surface area contributed by atoms with Gasteiger partial charge >= 0.3 is 5.97 Å². The fourth-order valence-electron chi connectivity index (χ4n) is 1.67. The molecule has 0 fully saturated rings. The number of carbonyl (C=O) groups is 1. The third-order valence-electron chi connectivity index (χ3n) is 2.32. The van der Waals surface area contributed by atoms with Crippen molar-refractivity contribution in [2.45, 2.75) is 25.4 Å². The molecule has 70 valence electrons. The second kappa shape index (κ2) is 2.85. The number of hydrogen-bond donors (Lipinski definition) is 3. The van der Waals surface area contributed by atoms with E-state index in [0.29, 0.717) is 6.42 Å². The van der Waals surface area contributed by atoms with Gasteiger partial charge in [0.15, 0.2) is 0 Å². The fraction of sp³-hybridized carbons (Fsp3) is 0.500. The van der Waals surface area contributed by atoms with E-state index in [9.17, 15) is 4.79 Å². The van der Waals surface area contributed by atoms with Gasteiger partial charge in [-0.2, -0.15) is 0 Å². The molecule has 1 aromatic rings. The van der Waals surface area contributed by atoms with E-state index >= 15 is 0 Å². The minimum atomic E-state index is -0.813. The molecule has 13 heavy (non-hydrogen) atoms. The molecule has 0 aromatic carbocycles. The van der Waals surface area contributed by atoms with E-state index in [1.165, 1.54) is 0 Å². The van der Waals surface area contributed by atoms with Gasteiger partial charge in [-0.05, 0) is 6.92 Å². The summed E-state index contributed by atoms with van der Waals surface area (Å²) in [4.78, 5) is 17.8. The normalized spacial score (nSPS) is 26.8. The zero-order valence-corrected chi connectivity index (χ0v) is 7.24. The van der Waals surface area contributed by atoms with Crippen LogP contribution in [0.15, 0.2) is 6.33 Å². The van der Waals surface area contributed by atoms with E-state index in [1.54, 1.807) is 6.33 Å². The van der Waals surface area contributed by atoms with Crippen molar-refractivity contribution in [3.8, 4) is 0 Å². The summed E-state index contributed by atoms with van der Waals surface area (Å²) in [7, 11) is 0. The lowest BCUT2D eigenvalue weighted by molar-refractivity contribution is -0.139. The summed E-state index contributed by atoms with van der Waals surface area (Å²) in [6.07, 6.45) is 2.09. The molecule has 2 heterocycles. The zero-order valence-electron chi connectivity index (χ0n) is 7.24. The standard InChI is InChI=1S/C8H11N3O2/c1-4-7-5(9-3-10-7)2-6(11-4)8(12)13/h3-4,6,11H,2H2,1H3,(H,9,10)(H,12,13)/t4?,6-/m0/s1. The number of aliphatic carboxylic acids is 1. The van der Waals surface area contributed by atoms with Gasteiger partial charge in [0.1, 0.15) is 6.04 Å². The van der Waals surface area contributed by atoms with Crippen molar-refractivity contribution < 1.29 is 9.90 Å². The Balaban J connectivity index is 2.28. The molecule has 0 saturated carbocycles. The number of imidazole rings is 1. The number of carboxylic acids is 1. The van der Waals surface area contributed by atoms with Crippen LogP contribution in [0.4, 0.5) is 0 Å². The summed E-state index contributed by atoms with van der Waals surface area (Å²) < 4.78 is 0. The van der Waals surface area contributed by atoms with Gasteiger partial charge < -0.3 is 10.1 Å². The molecule has 5 heteroatoms. The summed E-state index contributed by atoms with van der Waals surface area (Å²) in [5.41, 5.74) is 1.86. The lowest BCUT2D eigenvalue weighted by atomic mass is 10.0. The Morgan fingerprint density at radius 3 is 3.23 bits per heavy atom. The number of fused-ring (bicyclic) bond motifs is 1. The minimum Gasteiger partial charge on any atom is -0.480 e. The predicted molar refractivity (Wildman–Crippen MR) is 45.3 cm³/mol. The summed E-state index contributed by atoms with van der Waals surface area (Å²) in [6.45, 7) is 1.91. The molecule has 3 N–H and O–H groups in total. The van der Waals surface area contributed by atoms with Crippen LogP contribution >= 0.6 is 0 Å². The third kappa shape index (κ3) is 1.31. The molecule has 2 rings (SSSR count). The second-order valence-corrected chi connectivity index (χ2v) is 3.25. The Bertz CT molecular complexity index is 334. The number of carboxylic acid groups (broad SMARTS) is 1. The molecule has 0 bridgehead atoms. The number of rotatable bonds is 1. The molecule has 2 atom stereocenters. The van der Waals surface area contributed by atoms with E-state index in [4.69, 9.17) is 5.11 Å². The van der Waals surface area contributed by atoms with Crippen molar-refractivity contribution in [2.24, 2.45) is 0 Å². The number of hydrogen-bond acceptors (Lipinski definition) is 3. The first-order chi connectivity index (χ1) is 6.18. The smallest absolute Gasteiger partial charge is 0.321 e. The Morgan fingerprint density at radius 2 is 2.54 bits per heavy atom. The van der Waals surface area contributed by atoms with Crippen molar-refractivity contribution in [1.82, 2.24) is 15.3 Å². The molecule has 0 amide bonds. The molecule has 1 aliphatic heterocycles. The molecular weight excluding hydrogens is 170 g/mol. The average molecular weight is 181 g/mol. The number of aromatic amines is 1. The van der Waals surface area contributed by atoms with E-state index in [-0.39, 0.29) is 6.04 Å². The van der Waals surface area contributed by atoms with Crippen LogP contribution in [0.25, 0.3) is 0 Å². The minimum absolute atomic E-state index is 0.0103. The molecule has 0 spiro atoms. The van der Waals surface area contributed by atoms with Gasteiger partial charge in [-0.15, -0.1) is 0 Å². The van der Waals surface area contributed by atoms with Crippen LogP contribution in [0.2, 0.25) is 0 Å². The van der Waals surface area contributed by atoms with E-state index in [0.717, 1.165) is 11.4 Å². The molecule has 0 radical (unpaired) electrons. The van der Waals surface area contributed by atoms with Gasteiger partial charge in [-0.1, -0.05) is 0 Å². The van der Waals surface area contributed by atoms with Gasteiger partial charge in [0, 0.05) is 18.2 Å². The number of nitrogens with zero attached hydrogens (tertiary/aromatic N) is 1. The van der Waals surface area contributed by atoms with Gasteiger partial charge in [0.2, 0.25) is 0 Å². The highest BCUT2D eigenvalue weighted by atomic mass is 16.4. The quantitative estimate of drug-likeness (QED) is 0.573. The molecule has 1 aromatic heterocycles. The monoisotopic (exact) mass is 181 g/mol. The van der Waals surface area contributed by atoms with Gasteiger partial charge in [0.05, 0.1) is 12.0 Å². The average Bonchev–Trinajstić information content (AvgIpc) is 2.51. The number of H-pyrrole nitrogens is 1. The van der Waals surface area contributed by atoms with E-state index < -0.39 is 12.0 Å². The number of nitrogens with one attached hydrogen (secondary N) is 2. The molecule has 1 aliphatic rings. The molecule has 0 saturated heterocycles. The van der Waals surface area contributed by atoms with Gasteiger partial charge in [-0.3, -0.25) is 10.1 Å². The topological polar surface area (TPSA) is 78.0 Å². The van der Waals surface area contributed by atoms with Crippen molar-refractivity contribution in [3.63, 3.8) is 0 Å². The third-order valence-corrected chi connectivity index (χ3v) is 2.32. The van der Waals surface area contributed by atoms with Gasteiger partial charge in [0.25, 0.3) is 0 Å². The van der Waals surface area contributed by atoms with Crippen molar-refractivity contribution >= 4 is 5.97 Å². The maximum atomic E-state index is 10.7. The summed E-state index contributed by atoms with van der Waals surface area (Å²) in [5, 5.41) is 11.8. The van der Waals surface area contributed by atoms with Crippen LogP contribution in [0.3, 0.4) is 0 Å². The first-order valence-corrected chi connectivity index (χ1v) is 4.19. The van der Waals surface area contributed by atoms with Crippen LogP contribution < -0.4 is 5.32 Å². The summed E-state index contributed by atoms with van der Waals surface area (Å²) >= 11 is 0. The van der Waals surface area contributed by atoms with Gasteiger partial charge in [-0.25, -0.2) is 4.98 Å². The Kier molecular flexibility index (Phi) is 1.81. The first-order valence-electron chi connectivity index (χ1n) is 4.19. The molecular formula is C8H11N3O2. The van der Waals surface area contributed by atoms with Crippen LogP contribution in [-0.2, 0) is 11.2 Å². The second-order valence-electron chi connectivity index (χ2n) is 3.25. The Morgan fingerprint density at radius 1 is 1.77 bits per heavy atom. The largest absolute Gasteiger partial charge is 0.480 e. The number of aromatic nitrogens is 2. The van der Waals surface area contributed by atoms with Crippen LogP contribution in [0.5, 0.6) is 0 Å². The molecule has 5 nitrogen and oxygen atoms in total. The maximum absolute atomic E-state index is 10.7. The highest BCUT2D eigenvalue weighted by Crippen LogP contribution is 2.21. The van der Waals surface area contributed by atoms with E-state index in [1.807, 2.05) is 6.92 Å². The maximum Gasteiger partial charge on any atom is 0.321 e. The fourth-order valence-corrected chi connectivity index (χ4v) is 1.67. The molecule has 1 unspecified atom stereocenters. The van der Waals surface area contributed by atoms with E-state index in [2.05, 4.69) is 15.3 Å². The zero-order chi connectivity index (χ0) is 9.42. The SMILES string of the molecule is CC1N[C@H](C(=O)O)Cc2[nH]cnc21. The highest BCUT2D eigenvalue weighted by Gasteiger charge is 2.29.